The van der Waals surface area contributed by atoms with Crippen LogP contribution in [0.5, 0.6) is 0 Å². The van der Waals surface area contributed by atoms with Gasteiger partial charge in [-0.25, -0.2) is 0 Å². The van der Waals surface area contributed by atoms with Crippen LogP contribution in [0.15, 0.2) is 29.2 Å². The molecule has 1 aromatic rings. The first-order chi connectivity index (χ1) is 8.58. The van der Waals surface area contributed by atoms with Crippen molar-refractivity contribution in [2.24, 2.45) is 0 Å². The largest absolute Gasteiger partial charge is 0.373 e. The summed E-state index contributed by atoms with van der Waals surface area (Å²) in [5.74, 6) is 0. The second-order valence-corrected chi connectivity index (χ2v) is 5.86. The minimum atomic E-state index is -3.68. The Morgan fingerprint density at radius 1 is 1.39 bits per heavy atom. The predicted octanol–water partition coefficient (Wildman–Crippen LogP) is 0.689. The molecular weight excluding hydrogens is 254 g/mol. The first-order valence-electron chi connectivity index (χ1n) is 5.86. The van der Waals surface area contributed by atoms with Crippen LogP contribution in [0.1, 0.15) is 5.56 Å². The molecule has 100 valence electrons. The van der Waals surface area contributed by atoms with Crippen molar-refractivity contribution in [3.8, 4) is 0 Å². The topological polar surface area (TPSA) is 64.6 Å². The van der Waals surface area contributed by atoms with E-state index in [4.69, 9.17) is 8.92 Å². The van der Waals surface area contributed by atoms with Crippen LogP contribution in [0.2, 0.25) is 0 Å². The summed E-state index contributed by atoms with van der Waals surface area (Å²) in [6.07, 6.45) is -0.209. The van der Waals surface area contributed by atoms with E-state index < -0.39 is 10.1 Å². The molecular formula is C12H17NO4S. The Hall–Kier alpha value is -0.950. The molecule has 2 rings (SSSR count). The molecule has 1 fully saturated rings. The molecule has 0 spiro atoms. The van der Waals surface area contributed by atoms with E-state index in [0.717, 1.165) is 12.1 Å². The van der Waals surface area contributed by atoms with Crippen LogP contribution < -0.4 is 5.32 Å². The van der Waals surface area contributed by atoms with Crippen molar-refractivity contribution in [2.45, 2.75) is 17.9 Å². The van der Waals surface area contributed by atoms with Crippen molar-refractivity contribution >= 4 is 10.1 Å². The third-order valence-electron chi connectivity index (χ3n) is 2.72. The summed E-state index contributed by atoms with van der Waals surface area (Å²) in [7, 11) is -3.68. The van der Waals surface area contributed by atoms with E-state index in [0.29, 0.717) is 13.2 Å². The lowest BCUT2D eigenvalue weighted by Crippen LogP contribution is -2.41. The molecule has 0 amide bonds. The fourth-order valence-electron chi connectivity index (χ4n) is 1.67. The van der Waals surface area contributed by atoms with Crippen LogP contribution in [-0.2, 0) is 19.0 Å². The van der Waals surface area contributed by atoms with Crippen molar-refractivity contribution in [2.75, 3.05) is 26.3 Å². The zero-order chi connectivity index (χ0) is 13.0. The number of rotatable bonds is 4. The summed E-state index contributed by atoms with van der Waals surface area (Å²) in [5.41, 5.74) is 1.01. The predicted molar refractivity (Wildman–Crippen MR) is 66.9 cm³/mol. The third kappa shape index (κ3) is 3.52. The summed E-state index contributed by atoms with van der Waals surface area (Å²) in [4.78, 5) is 0.178. The summed E-state index contributed by atoms with van der Waals surface area (Å²) in [6.45, 7) is 3.94. The van der Waals surface area contributed by atoms with Crippen LogP contribution in [-0.4, -0.2) is 40.8 Å². The molecule has 1 N–H and O–H groups in total. The summed E-state index contributed by atoms with van der Waals surface area (Å²) in [5, 5.41) is 3.12. The van der Waals surface area contributed by atoms with E-state index in [-0.39, 0.29) is 17.6 Å². The first-order valence-corrected chi connectivity index (χ1v) is 7.27. The zero-order valence-electron chi connectivity index (χ0n) is 10.3. The molecule has 1 saturated heterocycles. The van der Waals surface area contributed by atoms with Gasteiger partial charge in [-0.1, -0.05) is 17.7 Å². The maximum atomic E-state index is 11.9. The van der Waals surface area contributed by atoms with Crippen LogP contribution >= 0.6 is 0 Å². The fourth-order valence-corrected chi connectivity index (χ4v) is 2.60. The van der Waals surface area contributed by atoms with Gasteiger partial charge in [0, 0.05) is 13.1 Å². The highest BCUT2D eigenvalue weighted by Crippen LogP contribution is 2.14. The number of hydrogen-bond acceptors (Lipinski definition) is 5. The van der Waals surface area contributed by atoms with Gasteiger partial charge in [-0.3, -0.25) is 4.18 Å². The highest BCUT2D eigenvalue weighted by molar-refractivity contribution is 7.86. The molecule has 18 heavy (non-hydrogen) atoms. The summed E-state index contributed by atoms with van der Waals surface area (Å²) >= 11 is 0. The quantitative estimate of drug-likeness (QED) is 0.816. The average molecular weight is 271 g/mol. The molecule has 1 atom stereocenters. The second kappa shape index (κ2) is 5.79. The van der Waals surface area contributed by atoms with E-state index in [1.54, 1.807) is 24.3 Å². The molecule has 0 aliphatic carbocycles. The Morgan fingerprint density at radius 2 is 2.11 bits per heavy atom. The van der Waals surface area contributed by atoms with Crippen LogP contribution in [0.3, 0.4) is 0 Å². The summed E-state index contributed by atoms with van der Waals surface area (Å²) in [6, 6.07) is 6.58. The van der Waals surface area contributed by atoms with E-state index >= 15 is 0 Å². The van der Waals surface area contributed by atoms with Crippen molar-refractivity contribution in [3.05, 3.63) is 29.8 Å². The van der Waals surface area contributed by atoms with Gasteiger partial charge in [-0.05, 0) is 19.1 Å². The van der Waals surface area contributed by atoms with Gasteiger partial charge in [0.15, 0.2) is 0 Å². The van der Waals surface area contributed by atoms with Gasteiger partial charge >= 0.3 is 0 Å². The lowest BCUT2D eigenvalue weighted by Gasteiger charge is -2.23. The van der Waals surface area contributed by atoms with Gasteiger partial charge in [0.1, 0.15) is 0 Å². The van der Waals surface area contributed by atoms with Gasteiger partial charge in [0.2, 0.25) is 0 Å². The minimum Gasteiger partial charge on any atom is -0.373 e. The normalized spacial score (nSPS) is 20.8. The molecule has 1 heterocycles. The highest BCUT2D eigenvalue weighted by Gasteiger charge is 2.20. The van der Waals surface area contributed by atoms with E-state index in [9.17, 15) is 8.42 Å². The third-order valence-corrected chi connectivity index (χ3v) is 4.02. The Kier molecular flexibility index (Phi) is 4.34. The number of aryl methyl sites for hydroxylation is 1. The van der Waals surface area contributed by atoms with Gasteiger partial charge in [-0.2, -0.15) is 8.42 Å². The number of ether oxygens (including phenoxy) is 1. The Labute approximate surface area is 107 Å². The lowest BCUT2D eigenvalue weighted by atomic mass is 10.2. The molecule has 1 unspecified atom stereocenters. The number of benzene rings is 1. The van der Waals surface area contributed by atoms with Crippen molar-refractivity contribution in [1.82, 2.24) is 5.32 Å². The van der Waals surface area contributed by atoms with Crippen LogP contribution in [0, 0.1) is 6.92 Å². The lowest BCUT2D eigenvalue weighted by molar-refractivity contribution is 0.00158. The van der Waals surface area contributed by atoms with E-state index in [2.05, 4.69) is 5.32 Å². The van der Waals surface area contributed by atoms with Gasteiger partial charge in [-0.15, -0.1) is 0 Å². The monoisotopic (exact) mass is 271 g/mol. The molecule has 1 aliphatic heterocycles. The van der Waals surface area contributed by atoms with Gasteiger partial charge in [0.25, 0.3) is 10.1 Å². The van der Waals surface area contributed by atoms with Crippen LogP contribution in [0.4, 0.5) is 0 Å². The standard InChI is InChI=1S/C12H17NO4S/c1-10-2-4-12(5-3-10)18(14,15)17-9-11-8-13-6-7-16-11/h2-5,11,13H,6-9H2,1H3. The minimum absolute atomic E-state index is 0.0449. The highest BCUT2D eigenvalue weighted by atomic mass is 32.2. The average Bonchev–Trinajstić information content (AvgIpc) is 2.38. The smallest absolute Gasteiger partial charge is 0.297 e. The maximum Gasteiger partial charge on any atom is 0.297 e. The fraction of sp³-hybridized carbons (Fsp3) is 0.500. The Bertz CT molecular complexity index is 477. The molecule has 0 saturated carbocycles. The Balaban J connectivity index is 1.96. The maximum absolute atomic E-state index is 11.9. The Morgan fingerprint density at radius 3 is 2.72 bits per heavy atom. The van der Waals surface area contributed by atoms with Gasteiger partial charge < -0.3 is 10.1 Å². The second-order valence-electron chi connectivity index (χ2n) is 4.25. The number of morpholine rings is 1. The SMILES string of the molecule is Cc1ccc(S(=O)(=O)OCC2CNCCO2)cc1. The molecule has 0 aromatic heterocycles. The van der Waals surface area contributed by atoms with Crippen molar-refractivity contribution in [3.63, 3.8) is 0 Å². The van der Waals surface area contributed by atoms with Crippen molar-refractivity contribution in [1.29, 1.82) is 0 Å². The molecule has 0 bridgehead atoms. The molecule has 5 nitrogen and oxygen atoms in total. The summed E-state index contributed by atoms with van der Waals surface area (Å²) < 4.78 is 34.2. The van der Waals surface area contributed by atoms with Gasteiger partial charge in [0.05, 0.1) is 24.2 Å². The number of nitrogens with one attached hydrogen (secondary N) is 1. The van der Waals surface area contributed by atoms with E-state index in [1.807, 2.05) is 6.92 Å². The number of hydrogen-bond donors (Lipinski definition) is 1. The first kappa shape index (κ1) is 13.5. The molecule has 6 heteroatoms. The van der Waals surface area contributed by atoms with Crippen LogP contribution in [0.25, 0.3) is 0 Å². The molecule has 0 radical (unpaired) electrons. The zero-order valence-corrected chi connectivity index (χ0v) is 11.1. The molecule has 1 aromatic carbocycles. The van der Waals surface area contributed by atoms with Crippen molar-refractivity contribution < 1.29 is 17.3 Å². The molecule has 1 aliphatic rings. The van der Waals surface area contributed by atoms with E-state index in [1.165, 1.54) is 0 Å².